The Morgan fingerprint density at radius 1 is 1.11 bits per heavy atom. The van der Waals surface area contributed by atoms with Gasteiger partial charge in [-0.2, -0.15) is 0 Å². The number of carbonyl (C=O) groups excluding carboxylic acids is 2. The number of hydrogen-bond acceptors (Lipinski definition) is 4. The molecule has 5 heteroatoms. The number of amides is 1. The third kappa shape index (κ3) is 3.71. The number of rotatable bonds is 6. The Kier molecular flexibility index (Phi) is 5.95. The fourth-order valence-corrected chi connectivity index (χ4v) is 3.61. The molecule has 1 aliphatic rings. The standard InChI is InChI=1S/C23H25NO4/c1-15-10-11-16(2)18(14-15)21(25)19-20(17-8-5-4-6-9-17)24(12-7-13-28-3)23(27)22(19)26/h4-6,8-11,14,20,25H,7,12-13H2,1-3H3. The van der Waals surface area contributed by atoms with Crippen molar-refractivity contribution in [2.24, 2.45) is 0 Å². The average Bonchev–Trinajstić information content (AvgIpc) is 2.95. The summed E-state index contributed by atoms with van der Waals surface area (Å²) < 4.78 is 5.09. The molecule has 2 aromatic carbocycles. The van der Waals surface area contributed by atoms with Gasteiger partial charge in [0.05, 0.1) is 11.6 Å². The van der Waals surface area contributed by atoms with Gasteiger partial charge in [-0.15, -0.1) is 0 Å². The second-order valence-corrected chi connectivity index (χ2v) is 7.07. The summed E-state index contributed by atoms with van der Waals surface area (Å²) in [6.45, 7) is 4.66. The van der Waals surface area contributed by atoms with E-state index in [4.69, 9.17) is 4.74 Å². The molecule has 3 rings (SSSR count). The topological polar surface area (TPSA) is 66.8 Å². The van der Waals surface area contributed by atoms with Gasteiger partial charge in [0.15, 0.2) is 0 Å². The first-order valence-electron chi connectivity index (χ1n) is 9.35. The molecule has 28 heavy (non-hydrogen) atoms. The smallest absolute Gasteiger partial charge is 0.295 e. The van der Waals surface area contributed by atoms with Gasteiger partial charge in [-0.25, -0.2) is 0 Å². The maximum Gasteiger partial charge on any atom is 0.295 e. The van der Waals surface area contributed by atoms with Crippen molar-refractivity contribution in [1.82, 2.24) is 4.90 Å². The minimum absolute atomic E-state index is 0.123. The number of aliphatic hydroxyl groups is 1. The molecule has 1 fully saturated rings. The molecule has 0 radical (unpaired) electrons. The van der Waals surface area contributed by atoms with Crippen LogP contribution in [0.15, 0.2) is 54.1 Å². The fourth-order valence-electron chi connectivity index (χ4n) is 3.61. The van der Waals surface area contributed by atoms with Crippen LogP contribution in [0.25, 0.3) is 5.76 Å². The molecule has 1 atom stereocenters. The first-order valence-corrected chi connectivity index (χ1v) is 9.35. The quantitative estimate of drug-likeness (QED) is 0.359. The molecular formula is C23H25NO4. The zero-order chi connectivity index (χ0) is 20.3. The van der Waals surface area contributed by atoms with E-state index in [2.05, 4.69) is 0 Å². The minimum Gasteiger partial charge on any atom is -0.507 e. The molecule has 1 N–H and O–H groups in total. The second-order valence-electron chi connectivity index (χ2n) is 7.07. The number of hydrogen-bond donors (Lipinski definition) is 1. The molecule has 0 spiro atoms. The van der Waals surface area contributed by atoms with E-state index >= 15 is 0 Å². The van der Waals surface area contributed by atoms with Crippen molar-refractivity contribution in [2.45, 2.75) is 26.3 Å². The van der Waals surface area contributed by atoms with Crippen LogP contribution in [-0.2, 0) is 14.3 Å². The molecular weight excluding hydrogens is 354 g/mol. The Hall–Kier alpha value is -2.92. The normalized spacial score (nSPS) is 18.7. The highest BCUT2D eigenvalue weighted by atomic mass is 16.5. The summed E-state index contributed by atoms with van der Waals surface area (Å²) >= 11 is 0. The second kappa shape index (κ2) is 8.40. The van der Waals surface area contributed by atoms with Crippen molar-refractivity contribution in [3.63, 3.8) is 0 Å². The molecule has 1 heterocycles. The third-order valence-corrected chi connectivity index (χ3v) is 5.05. The highest BCUT2D eigenvalue weighted by Gasteiger charge is 2.45. The third-order valence-electron chi connectivity index (χ3n) is 5.05. The number of Topliss-reactive ketones (excluding diaryl/α,β-unsaturated/α-hetero) is 1. The number of carbonyl (C=O) groups is 2. The van der Waals surface area contributed by atoms with Crippen molar-refractivity contribution < 1.29 is 19.4 Å². The van der Waals surface area contributed by atoms with Crippen LogP contribution < -0.4 is 0 Å². The van der Waals surface area contributed by atoms with Crippen molar-refractivity contribution >= 4 is 17.4 Å². The van der Waals surface area contributed by atoms with Crippen LogP contribution in [0.1, 0.15) is 34.7 Å². The van der Waals surface area contributed by atoms with E-state index in [0.29, 0.717) is 25.1 Å². The van der Waals surface area contributed by atoms with E-state index < -0.39 is 17.7 Å². The number of nitrogens with zero attached hydrogens (tertiary/aromatic N) is 1. The first-order chi connectivity index (χ1) is 13.5. The Balaban J connectivity index is 2.15. The summed E-state index contributed by atoms with van der Waals surface area (Å²) in [5.41, 5.74) is 3.34. The van der Waals surface area contributed by atoms with Crippen molar-refractivity contribution in [3.05, 3.63) is 76.4 Å². The number of methoxy groups -OCH3 is 1. The lowest BCUT2D eigenvalue weighted by Gasteiger charge is -2.25. The van der Waals surface area contributed by atoms with Crippen LogP contribution in [0.2, 0.25) is 0 Å². The first kappa shape index (κ1) is 19.8. The van der Waals surface area contributed by atoms with Gasteiger partial charge in [-0.3, -0.25) is 9.59 Å². The Morgan fingerprint density at radius 2 is 1.82 bits per heavy atom. The molecule has 1 unspecified atom stereocenters. The number of aliphatic hydroxyl groups excluding tert-OH is 1. The van der Waals surface area contributed by atoms with Crippen LogP contribution in [0, 0.1) is 13.8 Å². The van der Waals surface area contributed by atoms with Gasteiger partial charge in [0.1, 0.15) is 5.76 Å². The zero-order valence-corrected chi connectivity index (χ0v) is 16.4. The van der Waals surface area contributed by atoms with E-state index in [1.165, 1.54) is 4.90 Å². The van der Waals surface area contributed by atoms with Crippen molar-refractivity contribution in [1.29, 1.82) is 0 Å². The van der Waals surface area contributed by atoms with Gasteiger partial charge in [-0.05, 0) is 37.5 Å². The number of benzene rings is 2. The molecule has 0 saturated carbocycles. The summed E-state index contributed by atoms with van der Waals surface area (Å²) in [5, 5.41) is 11.1. The van der Waals surface area contributed by atoms with E-state index in [0.717, 1.165) is 16.7 Å². The number of likely N-dealkylation sites (tertiary alicyclic amines) is 1. The maximum absolute atomic E-state index is 12.9. The summed E-state index contributed by atoms with van der Waals surface area (Å²) in [5.74, 6) is -1.36. The summed E-state index contributed by atoms with van der Waals surface area (Å²) in [7, 11) is 1.60. The van der Waals surface area contributed by atoms with Gasteiger partial charge in [0.2, 0.25) is 0 Å². The Morgan fingerprint density at radius 3 is 2.50 bits per heavy atom. The lowest BCUT2D eigenvalue weighted by atomic mass is 9.93. The highest BCUT2D eigenvalue weighted by Crippen LogP contribution is 2.39. The van der Waals surface area contributed by atoms with Gasteiger partial charge < -0.3 is 14.7 Å². The molecule has 0 bridgehead atoms. The van der Waals surface area contributed by atoms with Crippen LogP contribution >= 0.6 is 0 Å². The zero-order valence-electron chi connectivity index (χ0n) is 16.4. The molecule has 2 aromatic rings. The van der Waals surface area contributed by atoms with E-state index in [-0.39, 0.29) is 11.3 Å². The van der Waals surface area contributed by atoms with Crippen molar-refractivity contribution in [2.75, 3.05) is 20.3 Å². The lowest BCUT2D eigenvalue weighted by Crippen LogP contribution is -2.31. The SMILES string of the molecule is COCCCN1C(=O)C(=O)C(=C(O)c2cc(C)ccc2C)C1c1ccccc1. The summed E-state index contributed by atoms with van der Waals surface area (Å²) in [6, 6.07) is 14.4. The predicted molar refractivity (Wildman–Crippen MR) is 108 cm³/mol. The largest absolute Gasteiger partial charge is 0.507 e. The number of ether oxygens (including phenoxy) is 1. The van der Waals surface area contributed by atoms with E-state index in [1.54, 1.807) is 7.11 Å². The van der Waals surface area contributed by atoms with Crippen molar-refractivity contribution in [3.8, 4) is 0 Å². The van der Waals surface area contributed by atoms with Gasteiger partial charge in [0, 0.05) is 25.8 Å². The molecule has 1 saturated heterocycles. The van der Waals surface area contributed by atoms with E-state index in [9.17, 15) is 14.7 Å². The molecule has 5 nitrogen and oxygen atoms in total. The summed E-state index contributed by atoms with van der Waals surface area (Å²) in [6.07, 6.45) is 0.608. The van der Waals surface area contributed by atoms with Crippen LogP contribution in [0.4, 0.5) is 0 Å². The van der Waals surface area contributed by atoms with Crippen LogP contribution in [0.3, 0.4) is 0 Å². The number of aryl methyl sites for hydroxylation is 2. The minimum atomic E-state index is -0.648. The molecule has 146 valence electrons. The maximum atomic E-state index is 12.9. The van der Waals surface area contributed by atoms with Crippen LogP contribution in [0.5, 0.6) is 0 Å². The van der Waals surface area contributed by atoms with Gasteiger partial charge in [0.25, 0.3) is 11.7 Å². The molecule has 0 aliphatic carbocycles. The molecule has 0 aromatic heterocycles. The fraction of sp³-hybridized carbons (Fsp3) is 0.304. The monoisotopic (exact) mass is 379 g/mol. The Bertz CT molecular complexity index is 917. The van der Waals surface area contributed by atoms with Gasteiger partial charge in [-0.1, -0.05) is 48.0 Å². The van der Waals surface area contributed by atoms with Gasteiger partial charge >= 0.3 is 0 Å². The molecule has 1 aliphatic heterocycles. The van der Waals surface area contributed by atoms with E-state index in [1.807, 2.05) is 62.4 Å². The lowest BCUT2D eigenvalue weighted by molar-refractivity contribution is -0.140. The molecule has 1 amide bonds. The highest BCUT2D eigenvalue weighted by molar-refractivity contribution is 6.46. The summed E-state index contributed by atoms with van der Waals surface area (Å²) in [4.78, 5) is 27.2. The Labute approximate surface area is 165 Å². The number of ketones is 1. The predicted octanol–water partition coefficient (Wildman–Crippen LogP) is 3.76. The van der Waals surface area contributed by atoms with Crippen LogP contribution in [-0.4, -0.2) is 42.0 Å². The average molecular weight is 379 g/mol.